The summed E-state index contributed by atoms with van der Waals surface area (Å²) in [5.41, 5.74) is 0.185. The molecule has 2 rings (SSSR count). The number of carbonyl (C=O) groups is 1. The molecule has 1 amide bonds. The molecule has 0 saturated carbocycles. The molecule has 0 spiro atoms. The first-order chi connectivity index (χ1) is 10.3. The Hall–Kier alpha value is -1.60. The first-order valence-electron chi connectivity index (χ1n) is 7.54. The average Bonchev–Trinajstić information content (AvgIpc) is 2.93. The van der Waals surface area contributed by atoms with E-state index in [0.29, 0.717) is 32.5 Å². The summed E-state index contributed by atoms with van der Waals surface area (Å²) < 4.78 is 1.78. The number of hydrogen-bond acceptors (Lipinski definition) is 4. The second-order valence-electron chi connectivity index (χ2n) is 6.80. The number of aromatic nitrogens is 2. The number of hydrogen-bond donors (Lipinski definition) is 3. The van der Waals surface area contributed by atoms with Gasteiger partial charge in [-0.2, -0.15) is 5.10 Å². The number of nitrogens with zero attached hydrogens (tertiary/aromatic N) is 3. The number of rotatable bonds is 5. The molecule has 0 unspecified atom stereocenters. The van der Waals surface area contributed by atoms with E-state index in [1.807, 2.05) is 0 Å². The summed E-state index contributed by atoms with van der Waals surface area (Å²) in [6.07, 6.45) is 3.81. The molecule has 1 fully saturated rings. The number of piperidine rings is 1. The molecule has 1 aliphatic heterocycles. The predicted octanol–water partition coefficient (Wildman–Crippen LogP) is 1.15. The first-order valence-corrected chi connectivity index (χ1v) is 7.54. The van der Waals surface area contributed by atoms with Gasteiger partial charge < -0.3 is 20.2 Å². The minimum absolute atomic E-state index is 0.0293. The van der Waals surface area contributed by atoms with Crippen molar-refractivity contribution in [1.82, 2.24) is 14.7 Å². The SMILES string of the molecule is CC(C)(Cn1cc(CO)cn1)C1(CO)CCN(C(=O)O)CC1. The zero-order chi connectivity index (χ0) is 16.4. The molecule has 1 aliphatic rings. The van der Waals surface area contributed by atoms with E-state index in [1.54, 1.807) is 17.1 Å². The van der Waals surface area contributed by atoms with Gasteiger partial charge in [-0.15, -0.1) is 0 Å². The molecule has 124 valence electrons. The van der Waals surface area contributed by atoms with Crippen LogP contribution in [-0.2, 0) is 13.2 Å². The molecule has 22 heavy (non-hydrogen) atoms. The minimum Gasteiger partial charge on any atom is -0.465 e. The van der Waals surface area contributed by atoms with E-state index in [0.717, 1.165) is 5.56 Å². The molecule has 0 aromatic carbocycles. The van der Waals surface area contributed by atoms with E-state index >= 15 is 0 Å². The normalized spacial score (nSPS) is 18.5. The van der Waals surface area contributed by atoms with Gasteiger partial charge in [0.1, 0.15) is 0 Å². The van der Waals surface area contributed by atoms with Crippen molar-refractivity contribution in [2.45, 2.75) is 39.8 Å². The Bertz CT molecular complexity index is 519. The third kappa shape index (κ3) is 3.10. The first kappa shape index (κ1) is 16.8. The Kier molecular flexibility index (Phi) is 4.77. The van der Waals surface area contributed by atoms with E-state index in [4.69, 9.17) is 10.2 Å². The second-order valence-corrected chi connectivity index (χ2v) is 6.80. The molecule has 0 aliphatic carbocycles. The van der Waals surface area contributed by atoms with Crippen LogP contribution in [-0.4, -0.2) is 55.8 Å². The molecule has 0 bridgehead atoms. The van der Waals surface area contributed by atoms with Crippen LogP contribution in [0.5, 0.6) is 0 Å². The van der Waals surface area contributed by atoms with E-state index in [2.05, 4.69) is 18.9 Å². The fourth-order valence-electron chi connectivity index (χ4n) is 3.32. The molecular weight excluding hydrogens is 286 g/mol. The van der Waals surface area contributed by atoms with E-state index in [1.165, 1.54) is 4.90 Å². The van der Waals surface area contributed by atoms with Crippen molar-refractivity contribution in [3.8, 4) is 0 Å². The van der Waals surface area contributed by atoms with Gasteiger partial charge in [0, 0.05) is 43.4 Å². The fraction of sp³-hybridized carbons (Fsp3) is 0.733. The molecule has 1 saturated heterocycles. The number of amides is 1. The maximum absolute atomic E-state index is 11.1. The Morgan fingerprint density at radius 1 is 1.36 bits per heavy atom. The summed E-state index contributed by atoms with van der Waals surface area (Å²) >= 11 is 0. The maximum atomic E-state index is 11.1. The Morgan fingerprint density at radius 3 is 2.45 bits per heavy atom. The molecule has 3 N–H and O–H groups in total. The maximum Gasteiger partial charge on any atom is 0.407 e. The lowest BCUT2D eigenvalue weighted by Crippen LogP contribution is -2.52. The fourth-order valence-corrected chi connectivity index (χ4v) is 3.32. The quantitative estimate of drug-likeness (QED) is 0.758. The molecule has 2 heterocycles. The van der Waals surface area contributed by atoms with Crippen LogP contribution < -0.4 is 0 Å². The molecule has 7 heteroatoms. The van der Waals surface area contributed by atoms with Crippen LogP contribution in [0.15, 0.2) is 12.4 Å². The number of carboxylic acid groups (broad SMARTS) is 1. The van der Waals surface area contributed by atoms with E-state index in [9.17, 15) is 9.90 Å². The third-order valence-electron chi connectivity index (χ3n) is 5.16. The lowest BCUT2D eigenvalue weighted by Gasteiger charge is -2.50. The summed E-state index contributed by atoms with van der Waals surface area (Å²) in [6, 6.07) is 0. The average molecular weight is 311 g/mol. The third-order valence-corrected chi connectivity index (χ3v) is 5.16. The number of aliphatic hydroxyl groups excluding tert-OH is 2. The monoisotopic (exact) mass is 311 g/mol. The zero-order valence-electron chi connectivity index (χ0n) is 13.2. The molecule has 0 radical (unpaired) electrons. The van der Waals surface area contributed by atoms with E-state index in [-0.39, 0.29) is 24.0 Å². The molecule has 1 aromatic rings. The molecule has 0 atom stereocenters. The van der Waals surface area contributed by atoms with Crippen molar-refractivity contribution in [3.63, 3.8) is 0 Å². The van der Waals surface area contributed by atoms with Gasteiger partial charge in [0.05, 0.1) is 12.8 Å². The van der Waals surface area contributed by atoms with Gasteiger partial charge in [0.2, 0.25) is 0 Å². The van der Waals surface area contributed by atoms with Crippen molar-refractivity contribution in [1.29, 1.82) is 0 Å². The van der Waals surface area contributed by atoms with Gasteiger partial charge in [0.25, 0.3) is 0 Å². The largest absolute Gasteiger partial charge is 0.465 e. The topological polar surface area (TPSA) is 98.8 Å². The number of likely N-dealkylation sites (tertiary alicyclic amines) is 1. The lowest BCUT2D eigenvalue weighted by molar-refractivity contribution is -0.0541. The summed E-state index contributed by atoms with van der Waals surface area (Å²) in [5.74, 6) is 0. The Balaban J connectivity index is 2.12. The smallest absolute Gasteiger partial charge is 0.407 e. The van der Waals surface area contributed by atoms with Crippen LogP contribution in [0.3, 0.4) is 0 Å². The van der Waals surface area contributed by atoms with Crippen LogP contribution in [0.4, 0.5) is 4.79 Å². The van der Waals surface area contributed by atoms with Gasteiger partial charge in [-0.3, -0.25) is 4.68 Å². The molecule has 1 aromatic heterocycles. The van der Waals surface area contributed by atoms with Crippen molar-refractivity contribution in [2.24, 2.45) is 10.8 Å². The summed E-state index contributed by atoms with van der Waals surface area (Å²) in [4.78, 5) is 12.5. The van der Waals surface area contributed by atoms with Gasteiger partial charge in [-0.1, -0.05) is 13.8 Å². The Labute approximate surface area is 130 Å². The van der Waals surface area contributed by atoms with Crippen molar-refractivity contribution in [3.05, 3.63) is 18.0 Å². The van der Waals surface area contributed by atoms with E-state index < -0.39 is 6.09 Å². The van der Waals surface area contributed by atoms with Gasteiger partial charge in [0.15, 0.2) is 0 Å². The lowest BCUT2D eigenvalue weighted by atomic mass is 9.61. The highest BCUT2D eigenvalue weighted by Gasteiger charge is 2.47. The minimum atomic E-state index is -0.899. The summed E-state index contributed by atoms with van der Waals surface area (Å²) in [5, 5.41) is 32.4. The van der Waals surface area contributed by atoms with Gasteiger partial charge in [-0.25, -0.2) is 4.79 Å². The zero-order valence-corrected chi connectivity index (χ0v) is 13.2. The highest BCUT2D eigenvalue weighted by Crippen LogP contribution is 2.47. The van der Waals surface area contributed by atoms with Crippen LogP contribution >= 0.6 is 0 Å². The van der Waals surface area contributed by atoms with Crippen LogP contribution in [0.1, 0.15) is 32.3 Å². The van der Waals surface area contributed by atoms with Crippen molar-refractivity contribution in [2.75, 3.05) is 19.7 Å². The van der Waals surface area contributed by atoms with Crippen molar-refractivity contribution < 1.29 is 20.1 Å². The Morgan fingerprint density at radius 2 is 2.00 bits per heavy atom. The standard InChI is InChI=1S/C15H25N3O4/c1-14(2,10-18-8-12(9-19)7-16-18)15(11-20)3-5-17(6-4-15)13(21)22/h7-8,19-20H,3-6,9-11H2,1-2H3,(H,21,22). The van der Waals surface area contributed by atoms with Crippen LogP contribution in [0.2, 0.25) is 0 Å². The second kappa shape index (κ2) is 6.26. The summed E-state index contributed by atoms with van der Waals surface area (Å²) in [7, 11) is 0. The predicted molar refractivity (Wildman–Crippen MR) is 80.3 cm³/mol. The highest BCUT2D eigenvalue weighted by atomic mass is 16.4. The van der Waals surface area contributed by atoms with Gasteiger partial charge in [-0.05, 0) is 18.3 Å². The van der Waals surface area contributed by atoms with Crippen molar-refractivity contribution >= 4 is 6.09 Å². The molecular formula is C15H25N3O4. The number of aliphatic hydroxyl groups is 2. The van der Waals surface area contributed by atoms with Crippen LogP contribution in [0.25, 0.3) is 0 Å². The van der Waals surface area contributed by atoms with Crippen LogP contribution in [0, 0.1) is 10.8 Å². The highest BCUT2D eigenvalue weighted by molar-refractivity contribution is 5.65. The molecule has 7 nitrogen and oxygen atoms in total. The van der Waals surface area contributed by atoms with Gasteiger partial charge >= 0.3 is 6.09 Å². The summed E-state index contributed by atoms with van der Waals surface area (Å²) in [6.45, 7) is 5.65.